The fourth-order valence-corrected chi connectivity index (χ4v) is 7.41. The van der Waals surface area contributed by atoms with E-state index in [2.05, 4.69) is 30.0 Å². The zero-order valence-electron chi connectivity index (χ0n) is 21.8. The quantitative estimate of drug-likeness (QED) is 0.366. The van der Waals surface area contributed by atoms with Crippen molar-refractivity contribution in [3.8, 4) is 23.1 Å². The number of nitrogens with one attached hydrogen (secondary N) is 1. The standard InChI is InChI=1S/C28H28ClF2N7O2/c29-18-5-6-19-17(11-32-36-19)20(18)23-22(31)24-21-25(38-9-2-1-4-16(38)13-39-26(21)33-23)35-27(34-24)40-14-28-7-3-8-37(28)12-15(30)10-28/h5-6,11,15-16H,1-4,7-10,12-14H2,(H,32,36)/t15-,16+,28+/m1/s1. The number of aromatic nitrogens is 5. The predicted octanol–water partition coefficient (Wildman–Crippen LogP) is 5.07. The van der Waals surface area contributed by atoms with Crippen molar-refractivity contribution in [2.75, 3.05) is 37.7 Å². The van der Waals surface area contributed by atoms with E-state index in [0.29, 0.717) is 52.3 Å². The highest BCUT2D eigenvalue weighted by Crippen LogP contribution is 2.45. The molecule has 0 unspecified atom stereocenters. The normalized spacial score (nSPS) is 26.1. The summed E-state index contributed by atoms with van der Waals surface area (Å²) < 4.78 is 43.5. The molecule has 1 N–H and O–H groups in total. The Labute approximate surface area is 233 Å². The minimum atomic E-state index is -0.874. The van der Waals surface area contributed by atoms with Crippen LogP contribution in [0.5, 0.6) is 11.9 Å². The van der Waals surface area contributed by atoms with Crippen molar-refractivity contribution in [3.05, 3.63) is 29.2 Å². The first-order valence-corrected chi connectivity index (χ1v) is 14.3. The Morgan fingerprint density at radius 3 is 3.02 bits per heavy atom. The number of nitrogens with zero attached hydrogens (tertiary/aromatic N) is 6. The van der Waals surface area contributed by atoms with Gasteiger partial charge < -0.3 is 14.4 Å². The Bertz CT molecular complexity index is 1650. The molecule has 12 heteroatoms. The number of hydrogen-bond donors (Lipinski definition) is 1. The number of anilines is 1. The number of piperidine rings is 1. The van der Waals surface area contributed by atoms with Crippen LogP contribution < -0.4 is 14.4 Å². The van der Waals surface area contributed by atoms with Gasteiger partial charge in [0.2, 0.25) is 5.88 Å². The van der Waals surface area contributed by atoms with E-state index in [1.807, 2.05) is 0 Å². The van der Waals surface area contributed by atoms with Gasteiger partial charge in [-0.1, -0.05) is 11.6 Å². The molecular weight excluding hydrogens is 540 g/mol. The van der Waals surface area contributed by atoms with E-state index in [4.69, 9.17) is 26.1 Å². The second-order valence-electron chi connectivity index (χ2n) is 11.4. The highest BCUT2D eigenvalue weighted by Gasteiger charge is 2.49. The van der Waals surface area contributed by atoms with E-state index in [1.54, 1.807) is 18.3 Å². The molecular formula is C28H28ClF2N7O2. The summed E-state index contributed by atoms with van der Waals surface area (Å²) in [5, 5.41) is 8.43. The Hall–Kier alpha value is -3.31. The molecule has 0 bridgehead atoms. The van der Waals surface area contributed by atoms with Crippen LogP contribution in [0.3, 0.4) is 0 Å². The number of ether oxygens (including phenoxy) is 2. The van der Waals surface area contributed by atoms with Gasteiger partial charge in [-0.15, -0.1) is 0 Å². The Balaban J connectivity index is 1.30. The summed E-state index contributed by atoms with van der Waals surface area (Å²) in [4.78, 5) is 18.5. The molecule has 0 amide bonds. The van der Waals surface area contributed by atoms with Crippen LogP contribution in [0.15, 0.2) is 18.3 Å². The van der Waals surface area contributed by atoms with Crippen molar-refractivity contribution < 1.29 is 18.3 Å². The van der Waals surface area contributed by atoms with Gasteiger partial charge in [-0.2, -0.15) is 15.1 Å². The van der Waals surface area contributed by atoms with E-state index < -0.39 is 12.0 Å². The van der Waals surface area contributed by atoms with Crippen LogP contribution in [0.4, 0.5) is 14.6 Å². The average molecular weight is 568 g/mol. The molecule has 208 valence electrons. The van der Waals surface area contributed by atoms with Gasteiger partial charge in [0.25, 0.3) is 0 Å². The number of alkyl halides is 1. The van der Waals surface area contributed by atoms with E-state index in [1.165, 1.54) is 0 Å². The molecule has 7 heterocycles. The SMILES string of the molecule is Fc1c(-c2c(Cl)ccc3[nH]ncc23)nc2c3c(nc(OC[C@@]45CCCN4C[C@H](F)C5)nc13)N1CCCC[C@H]1CO2. The Morgan fingerprint density at radius 2 is 2.10 bits per heavy atom. The summed E-state index contributed by atoms with van der Waals surface area (Å²) in [5.41, 5.74) is 0.850. The first-order valence-electron chi connectivity index (χ1n) is 14.0. The first-order chi connectivity index (χ1) is 19.5. The summed E-state index contributed by atoms with van der Waals surface area (Å²) in [6.07, 6.45) is 6.02. The topological polar surface area (TPSA) is 92.3 Å². The molecule has 9 nitrogen and oxygen atoms in total. The first kappa shape index (κ1) is 24.5. The van der Waals surface area contributed by atoms with Crippen molar-refractivity contribution in [1.29, 1.82) is 0 Å². The fraction of sp³-hybridized carbons (Fsp3) is 0.500. The fourth-order valence-electron chi connectivity index (χ4n) is 7.15. The zero-order chi connectivity index (χ0) is 27.0. The van der Waals surface area contributed by atoms with Crippen LogP contribution in [0.25, 0.3) is 33.1 Å². The van der Waals surface area contributed by atoms with Crippen LogP contribution in [-0.2, 0) is 0 Å². The van der Waals surface area contributed by atoms with Crippen LogP contribution >= 0.6 is 11.6 Å². The third-order valence-corrected chi connectivity index (χ3v) is 9.38. The van der Waals surface area contributed by atoms with Crippen LogP contribution in [-0.4, -0.2) is 80.6 Å². The number of aromatic amines is 1. The lowest BCUT2D eigenvalue weighted by Crippen LogP contribution is -2.44. The molecule has 3 aromatic heterocycles. The minimum absolute atomic E-state index is 0.0339. The number of halogens is 3. The molecule has 4 aliphatic rings. The number of H-pyrrole nitrogens is 1. The van der Waals surface area contributed by atoms with Gasteiger partial charge in [-0.25, -0.2) is 13.8 Å². The van der Waals surface area contributed by atoms with Crippen molar-refractivity contribution in [1.82, 2.24) is 30.0 Å². The van der Waals surface area contributed by atoms with Gasteiger partial charge in [0, 0.05) is 30.5 Å². The van der Waals surface area contributed by atoms with Crippen molar-refractivity contribution in [2.24, 2.45) is 0 Å². The molecule has 3 saturated heterocycles. The third-order valence-electron chi connectivity index (χ3n) is 9.07. The number of rotatable bonds is 4. The highest BCUT2D eigenvalue weighted by molar-refractivity contribution is 6.35. The lowest BCUT2D eigenvalue weighted by atomic mass is 9.95. The molecule has 0 spiro atoms. The zero-order valence-corrected chi connectivity index (χ0v) is 22.6. The summed E-state index contributed by atoms with van der Waals surface area (Å²) in [6, 6.07) is 3.63. The van der Waals surface area contributed by atoms with Gasteiger partial charge >= 0.3 is 6.01 Å². The molecule has 40 heavy (non-hydrogen) atoms. The molecule has 8 rings (SSSR count). The maximum Gasteiger partial charge on any atom is 0.319 e. The van der Waals surface area contributed by atoms with Gasteiger partial charge in [0.05, 0.1) is 28.3 Å². The van der Waals surface area contributed by atoms with Crippen LogP contribution in [0.2, 0.25) is 5.02 Å². The van der Waals surface area contributed by atoms with Gasteiger partial charge in [-0.05, 0) is 50.8 Å². The van der Waals surface area contributed by atoms with Gasteiger partial charge in [0.15, 0.2) is 5.82 Å². The lowest BCUT2D eigenvalue weighted by Gasteiger charge is -2.35. The molecule has 3 fully saturated rings. The number of hydrogen-bond acceptors (Lipinski definition) is 8. The summed E-state index contributed by atoms with van der Waals surface area (Å²) in [5.74, 6) is 0.209. The van der Waals surface area contributed by atoms with Gasteiger partial charge in [-0.3, -0.25) is 10.00 Å². The summed E-state index contributed by atoms with van der Waals surface area (Å²) in [7, 11) is 0. The Morgan fingerprint density at radius 1 is 1.18 bits per heavy atom. The van der Waals surface area contributed by atoms with Crippen LogP contribution in [0.1, 0.15) is 38.5 Å². The van der Waals surface area contributed by atoms with E-state index in [9.17, 15) is 4.39 Å². The highest BCUT2D eigenvalue weighted by atomic mass is 35.5. The molecule has 1 aromatic carbocycles. The number of fused-ring (bicyclic) bond motifs is 4. The maximum atomic E-state index is 16.6. The third kappa shape index (κ3) is 3.66. The van der Waals surface area contributed by atoms with Crippen molar-refractivity contribution in [3.63, 3.8) is 0 Å². The lowest BCUT2D eigenvalue weighted by molar-refractivity contribution is 0.107. The molecule has 0 radical (unpaired) electrons. The van der Waals surface area contributed by atoms with Gasteiger partial charge in [0.1, 0.15) is 41.8 Å². The summed E-state index contributed by atoms with van der Waals surface area (Å²) >= 11 is 6.62. The maximum absolute atomic E-state index is 16.6. The smallest absolute Gasteiger partial charge is 0.319 e. The Kier molecular flexibility index (Phi) is 5.57. The molecule has 4 aliphatic heterocycles. The monoisotopic (exact) mass is 567 g/mol. The van der Waals surface area contributed by atoms with Crippen molar-refractivity contribution in [2.45, 2.75) is 56.3 Å². The molecule has 0 saturated carbocycles. The second kappa shape index (κ2) is 9.10. The predicted molar refractivity (Wildman–Crippen MR) is 146 cm³/mol. The average Bonchev–Trinajstić information content (AvgIpc) is 3.63. The van der Waals surface area contributed by atoms with Crippen molar-refractivity contribution >= 4 is 39.2 Å². The molecule has 3 atom stereocenters. The summed E-state index contributed by atoms with van der Waals surface area (Å²) in [6.45, 7) is 2.70. The van der Waals surface area contributed by atoms with E-state index >= 15 is 4.39 Å². The number of benzene rings is 1. The van der Waals surface area contributed by atoms with Crippen LogP contribution in [0, 0.1) is 5.82 Å². The second-order valence-corrected chi connectivity index (χ2v) is 11.8. The largest absolute Gasteiger partial charge is 0.475 e. The van der Waals surface area contributed by atoms with E-state index in [0.717, 1.165) is 45.2 Å². The molecule has 0 aliphatic carbocycles. The van der Waals surface area contributed by atoms with E-state index in [-0.39, 0.29) is 41.3 Å². The molecule has 4 aromatic rings. The number of pyridine rings is 1. The minimum Gasteiger partial charge on any atom is -0.475 e.